The second kappa shape index (κ2) is 4.19. The molecule has 94 valence electrons. The van der Waals surface area contributed by atoms with E-state index in [1.165, 1.54) is 0 Å². The molecular weight excluding hydrogens is 217 g/mol. The van der Waals surface area contributed by atoms with Crippen molar-refractivity contribution in [3.05, 3.63) is 0 Å². The van der Waals surface area contributed by atoms with Crippen LogP contribution in [0.2, 0.25) is 5.82 Å². The van der Waals surface area contributed by atoms with Crippen LogP contribution in [0.25, 0.3) is 0 Å². The van der Waals surface area contributed by atoms with Crippen LogP contribution in [0.4, 0.5) is 0 Å². The molecule has 0 atom stereocenters. The quantitative estimate of drug-likeness (QED) is 0.732. The fourth-order valence-corrected chi connectivity index (χ4v) is 1.77. The third-order valence-corrected chi connectivity index (χ3v) is 3.64. The third kappa shape index (κ3) is 2.29. The zero-order valence-electron chi connectivity index (χ0n) is 11.1. The van der Waals surface area contributed by atoms with Crippen molar-refractivity contribution in [3.8, 4) is 0 Å². The van der Waals surface area contributed by atoms with E-state index in [0.29, 0.717) is 0 Å². The van der Waals surface area contributed by atoms with E-state index >= 15 is 0 Å². The highest BCUT2D eigenvalue weighted by molar-refractivity contribution is 6.56. The Morgan fingerprint density at radius 1 is 1.06 bits per heavy atom. The van der Waals surface area contributed by atoms with Crippen molar-refractivity contribution in [1.29, 1.82) is 0 Å². The summed E-state index contributed by atoms with van der Waals surface area (Å²) < 4.78 is 11.9. The Bertz CT molecular complexity index is 325. The molecule has 0 radical (unpaired) electrons. The van der Waals surface area contributed by atoms with Gasteiger partial charge in [-0.05, 0) is 34.7 Å². The Kier molecular flexibility index (Phi) is 3.14. The number of nitrogens with one attached hydrogen (secondary N) is 1. The first kappa shape index (κ1) is 12.7. The van der Waals surface area contributed by atoms with Crippen molar-refractivity contribution in [3.63, 3.8) is 0 Å². The lowest BCUT2D eigenvalue weighted by Gasteiger charge is -2.32. The average Bonchev–Trinajstić information content (AvgIpc) is 2.48. The first-order chi connectivity index (χ1) is 7.86. The summed E-state index contributed by atoms with van der Waals surface area (Å²) in [6.45, 7) is 8.17. The molecule has 1 saturated heterocycles. The van der Waals surface area contributed by atoms with Crippen molar-refractivity contribution in [2.45, 2.75) is 51.0 Å². The van der Waals surface area contributed by atoms with Gasteiger partial charge in [0, 0.05) is 12.4 Å². The number of hydrogen-bond acceptors (Lipinski definition) is 5. The zero-order valence-corrected chi connectivity index (χ0v) is 11.1. The molecule has 17 heavy (non-hydrogen) atoms. The van der Waals surface area contributed by atoms with E-state index < -0.39 is 0 Å². The highest BCUT2D eigenvalue weighted by atomic mass is 16.7. The molecule has 2 heterocycles. The smallest absolute Gasteiger partial charge is 0.403 e. The first-order valence-electron chi connectivity index (χ1n) is 5.95. The van der Waals surface area contributed by atoms with Gasteiger partial charge in [0.15, 0.2) is 6.29 Å². The van der Waals surface area contributed by atoms with Crippen molar-refractivity contribution < 1.29 is 9.31 Å². The molecule has 0 spiro atoms. The number of aliphatic imine (C=N–C) groups is 2. The molecule has 0 saturated carbocycles. The maximum atomic E-state index is 5.95. The maximum Gasteiger partial charge on any atom is 0.472 e. The molecule has 0 aromatic carbocycles. The van der Waals surface area contributed by atoms with Crippen molar-refractivity contribution in [2.24, 2.45) is 9.98 Å². The van der Waals surface area contributed by atoms with Gasteiger partial charge in [-0.2, -0.15) is 0 Å². The van der Waals surface area contributed by atoms with Crippen LogP contribution in [0.15, 0.2) is 9.98 Å². The van der Waals surface area contributed by atoms with Gasteiger partial charge >= 0.3 is 7.12 Å². The van der Waals surface area contributed by atoms with Crippen LogP contribution < -0.4 is 5.32 Å². The lowest BCUT2D eigenvalue weighted by atomic mass is 9.73. The SMILES string of the molecule is CNC1N=CC(B2OC(C)(C)C(C)(C)O2)C=N1. The Labute approximate surface area is 103 Å². The minimum absolute atomic E-state index is 0.0133. The predicted molar refractivity (Wildman–Crippen MR) is 69.7 cm³/mol. The molecule has 0 aliphatic carbocycles. The van der Waals surface area contributed by atoms with Crippen LogP contribution in [0.1, 0.15) is 27.7 Å². The predicted octanol–water partition coefficient (Wildman–Crippen LogP) is 1.11. The summed E-state index contributed by atoms with van der Waals surface area (Å²) >= 11 is 0. The molecule has 0 aromatic rings. The van der Waals surface area contributed by atoms with Crippen molar-refractivity contribution in [2.75, 3.05) is 7.05 Å². The monoisotopic (exact) mass is 237 g/mol. The molecule has 6 heteroatoms. The minimum Gasteiger partial charge on any atom is -0.403 e. The van der Waals surface area contributed by atoms with Gasteiger partial charge in [-0.3, -0.25) is 15.3 Å². The number of hydrogen-bond donors (Lipinski definition) is 1. The Morgan fingerprint density at radius 3 is 1.94 bits per heavy atom. The van der Waals surface area contributed by atoms with Crippen LogP contribution in [-0.2, 0) is 9.31 Å². The normalized spacial score (nSPS) is 34.3. The highest BCUT2D eigenvalue weighted by Gasteiger charge is 2.53. The Balaban J connectivity index is 2.06. The van der Waals surface area contributed by atoms with E-state index in [2.05, 4.69) is 15.3 Å². The van der Waals surface area contributed by atoms with Crippen LogP contribution in [0.3, 0.4) is 0 Å². The van der Waals surface area contributed by atoms with E-state index in [0.717, 1.165) is 0 Å². The van der Waals surface area contributed by atoms with E-state index in [1.807, 2.05) is 47.2 Å². The van der Waals surface area contributed by atoms with Crippen LogP contribution in [0, 0.1) is 0 Å². The lowest BCUT2D eigenvalue weighted by molar-refractivity contribution is 0.00578. The van der Waals surface area contributed by atoms with Gasteiger partial charge in [0.2, 0.25) is 0 Å². The summed E-state index contributed by atoms with van der Waals surface area (Å²) in [6, 6.07) is 0. The van der Waals surface area contributed by atoms with Crippen LogP contribution in [-0.4, -0.2) is 44.1 Å². The summed E-state index contributed by atoms with van der Waals surface area (Å²) in [7, 11) is 1.53. The van der Waals surface area contributed by atoms with Gasteiger partial charge in [-0.15, -0.1) is 0 Å². The molecular formula is C11H20BN3O2. The average molecular weight is 237 g/mol. The molecule has 1 N–H and O–H groups in total. The second-order valence-electron chi connectivity index (χ2n) is 5.46. The molecule has 2 aliphatic rings. The third-order valence-electron chi connectivity index (χ3n) is 3.64. The Hall–Kier alpha value is -0.715. The summed E-state index contributed by atoms with van der Waals surface area (Å²) in [6.07, 6.45) is 3.51. The van der Waals surface area contributed by atoms with E-state index in [9.17, 15) is 0 Å². The van der Waals surface area contributed by atoms with Crippen molar-refractivity contribution >= 4 is 19.5 Å². The number of rotatable bonds is 2. The van der Waals surface area contributed by atoms with Crippen LogP contribution >= 0.6 is 0 Å². The largest absolute Gasteiger partial charge is 0.472 e. The standard InChI is InChI=1S/C11H20BN3O2/c1-10(2)11(3,4)17-12(16-10)8-6-14-9(13-5)15-7-8/h6-9,13H,1-5H3. The number of nitrogens with zero attached hydrogens (tertiary/aromatic N) is 2. The van der Waals surface area contributed by atoms with E-state index in [-0.39, 0.29) is 30.4 Å². The zero-order chi connectivity index (χ0) is 12.7. The van der Waals surface area contributed by atoms with Gasteiger partial charge in [-0.25, -0.2) is 0 Å². The van der Waals surface area contributed by atoms with Gasteiger partial charge in [0.05, 0.1) is 17.0 Å². The molecule has 0 bridgehead atoms. The molecule has 1 fully saturated rings. The molecule has 2 aliphatic heterocycles. The summed E-state index contributed by atoms with van der Waals surface area (Å²) in [5.74, 6) is -0.0133. The Morgan fingerprint density at radius 2 is 1.53 bits per heavy atom. The van der Waals surface area contributed by atoms with Crippen molar-refractivity contribution in [1.82, 2.24) is 5.32 Å². The fraction of sp³-hybridized carbons (Fsp3) is 0.818. The van der Waals surface area contributed by atoms with Gasteiger partial charge in [0.25, 0.3) is 0 Å². The van der Waals surface area contributed by atoms with E-state index in [4.69, 9.17) is 9.31 Å². The molecule has 0 amide bonds. The molecule has 0 unspecified atom stereocenters. The molecule has 0 aromatic heterocycles. The van der Waals surface area contributed by atoms with Gasteiger partial charge in [0.1, 0.15) is 0 Å². The van der Waals surface area contributed by atoms with Gasteiger partial charge in [-0.1, -0.05) is 0 Å². The minimum atomic E-state index is -0.306. The highest BCUT2D eigenvalue weighted by Crippen LogP contribution is 2.39. The summed E-state index contributed by atoms with van der Waals surface area (Å²) in [5.41, 5.74) is -0.613. The topological polar surface area (TPSA) is 55.2 Å². The summed E-state index contributed by atoms with van der Waals surface area (Å²) in [5, 5.41) is 2.97. The first-order valence-corrected chi connectivity index (χ1v) is 5.95. The maximum absolute atomic E-state index is 5.95. The lowest BCUT2D eigenvalue weighted by Crippen LogP contribution is -2.41. The molecule has 2 rings (SSSR count). The molecule has 5 nitrogen and oxygen atoms in total. The van der Waals surface area contributed by atoms with Gasteiger partial charge < -0.3 is 9.31 Å². The van der Waals surface area contributed by atoms with Crippen LogP contribution in [0.5, 0.6) is 0 Å². The second-order valence-corrected chi connectivity index (χ2v) is 5.46. The summed E-state index contributed by atoms with van der Waals surface area (Å²) in [4.78, 5) is 8.55. The fourth-order valence-electron chi connectivity index (χ4n) is 1.77. The van der Waals surface area contributed by atoms with E-state index in [1.54, 1.807) is 0 Å².